The molecule has 1 heterocycles. The third-order valence-electron chi connectivity index (χ3n) is 4.48. The lowest BCUT2D eigenvalue weighted by atomic mass is 9.93. The summed E-state index contributed by atoms with van der Waals surface area (Å²) in [6.45, 7) is 1.97. The summed E-state index contributed by atoms with van der Waals surface area (Å²) in [5.41, 5.74) is 3.35. The van der Waals surface area contributed by atoms with Crippen LogP contribution in [-0.2, 0) is 17.8 Å². The lowest BCUT2D eigenvalue weighted by Crippen LogP contribution is -2.47. The summed E-state index contributed by atoms with van der Waals surface area (Å²) in [5.74, 6) is 0. The third-order valence-corrected chi connectivity index (χ3v) is 4.48. The van der Waals surface area contributed by atoms with Crippen LogP contribution in [0.4, 0.5) is 4.79 Å². The average molecular weight is 340 g/mol. The molecular formula is C20H24N2O3. The van der Waals surface area contributed by atoms with Gasteiger partial charge in [-0.25, -0.2) is 4.79 Å². The number of hydrogen-bond acceptors (Lipinski definition) is 3. The number of aliphatic hydroxyl groups is 1. The first-order chi connectivity index (χ1) is 12.3. The summed E-state index contributed by atoms with van der Waals surface area (Å²) in [6, 6.07) is 17.5. The summed E-state index contributed by atoms with van der Waals surface area (Å²) >= 11 is 0. The van der Waals surface area contributed by atoms with E-state index in [1.165, 1.54) is 5.56 Å². The van der Waals surface area contributed by atoms with Crippen molar-refractivity contribution in [3.8, 4) is 0 Å². The van der Waals surface area contributed by atoms with Crippen LogP contribution in [0.15, 0.2) is 54.6 Å². The van der Waals surface area contributed by atoms with Crippen LogP contribution < -0.4 is 5.32 Å². The first-order valence-corrected chi connectivity index (χ1v) is 8.64. The molecule has 5 heteroatoms. The maximum absolute atomic E-state index is 12.5. The van der Waals surface area contributed by atoms with Crippen molar-refractivity contribution in [2.45, 2.75) is 19.1 Å². The Kier molecular flexibility index (Phi) is 6.04. The van der Waals surface area contributed by atoms with Gasteiger partial charge in [-0.3, -0.25) is 0 Å². The molecule has 0 spiro atoms. The highest BCUT2D eigenvalue weighted by atomic mass is 16.5. The van der Waals surface area contributed by atoms with Crippen LogP contribution in [0.1, 0.15) is 22.7 Å². The summed E-state index contributed by atoms with van der Waals surface area (Å²) in [6.07, 6.45) is 0.810. The Labute approximate surface area is 148 Å². The van der Waals surface area contributed by atoms with Gasteiger partial charge in [0.05, 0.1) is 25.9 Å². The van der Waals surface area contributed by atoms with Crippen LogP contribution in [-0.4, -0.2) is 42.3 Å². The number of amides is 2. The number of carbonyl (C=O) groups excluding carboxylic acids is 1. The van der Waals surface area contributed by atoms with E-state index in [1.54, 1.807) is 4.90 Å². The largest absolute Gasteiger partial charge is 0.394 e. The number of urea groups is 1. The fourth-order valence-corrected chi connectivity index (χ4v) is 3.19. The van der Waals surface area contributed by atoms with Crippen LogP contribution in [0.5, 0.6) is 0 Å². The van der Waals surface area contributed by atoms with E-state index in [1.807, 2.05) is 48.5 Å². The van der Waals surface area contributed by atoms with Crippen molar-refractivity contribution >= 4 is 6.03 Å². The highest BCUT2D eigenvalue weighted by Gasteiger charge is 2.29. The molecule has 0 aliphatic carbocycles. The molecule has 3 rings (SSSR count). The van der Waals surface area contributed by atoms with Gasteiger partial charge in [0.1, 0.15) is 0 Å². The summed E-state index contributed by atoms with van der Waals surface area (Å²) in [7, 11) is 0. The number of carbonyl (C=O) groups is 1. The van der Waals surface area contributed by atoms with Crippen LogP contribution in [0, 0.1) is 0 Å². The predicted octanol–water partition coefficient (Wildman–Crippen LogP) is 2.50. The molecule has 1 aliphatic rings. The number of hydrogen-bond donors (Lipinski definition) is 2. The van der Waals surface area contributed by atoms with Crippen molar-refractivity contribution < 1.29 is 14.6 Å². The smallest absolute Gasteiger partial charge is 0.318 e. The van der Waals surface area contributed by atoms with Crippen molar-refractivity contribution in [1.82, 2.24) is 10.2 Å². The number of aliphatic hydroxyl groups excluding tert-OH is 1. The zero-order valence-electron chi connectivity index (χ0n) is 14.2. The summed E-state index contributed by atoms with van der Waals surface area (Å²) in [5, 5.41) is 12.6. The van der Waals surface area contributed by atoms with Gasteiger partial charge in [-0.15, -0.1) is 0 Å². The maximum Gasteiger partial charge on any atom is 0.318 e. The Morgan fingerprint density at radius 1 is 1.16 bits per heavy atom. The summed E-state index contributed by atoms with van der Waals surface area (Å²) < 4.78 is 5.58. The molecule has 2 aromatic rings. The quantitative estimate of drug-likeness (QED) is 0.794. The van der Waals surface area contributed by atoms with E-state index >= 15 is 0 Å². The van der Waals surface area contributed by atoms with Gasteiger partial charge in [-0.2, -0.15) is 0 Å². The van der Waals surface area contributed by atoms with Gasteiger partial charge in [-0.05, 0) is 23.1 Å². The predicted molar refractivity (Wildman–Crippen MR) is 96.2 cm³/mol. The Balaban J connectivity index is 1.46. The minimum atomic E-state index is -0.282. The number of ether oxygens (including phenoxy) is 1. The minimum Gasteiger partial charge on any atom is -0.394 e. The number of nitrogens with zero attached hydrogens (tertiary/aromatic N) is 1. The van der Waals surface area contributed by atoms with Gasteiger partial charge >= 0.3 is 6.03 Å². The molecule has 0 saturated carbocycles. The Morgan fingerprint density at radius 3 is 2.72 bits per heavy atom. The standard InChI is InChI=1S/C20H24N2O3/c23-14-19-18-9-5-4-8-17(18)10-12-22(19)20(24)21-11-13-25-15-16-6-2-1-3-7-16/h1-9,19,23H,10-15H2,(H,21,24). The SMILES string of the molecule is O=C(NCCOCc1ccccc1)N1CCc2ccccc2C1CO. The van der Waals surface area contributed by atoms with Gasteiger partial charge in [-0.1, -0.05) is 54.6 Å². The van der Waals surface area contributed by atoms with Crippen molar-refractivity contribution in [2.24, 2.45) is 0 Å². The van der Waals surface area contributed by atoms with E-state index in [2.05, 4.69) is 11.4 Å². The van der Waals surface area contributed by atoms with Crippen molar-refractivity contribution in [3.05, 3.63) is 71.3 Å². The number of nitrogens with one attached hydrogen (secondary N) is 1. The van der Waals surface area contributed by atoms with E-state index in [9.17, 15) is 9.90 Å². The van der Waals surface area contributed by atoms with Gasteiger partial charge in [0.2, 0.25) is 0 Å². The lowest BCUT2D eigenvalue weighted by Gasteiger charge is -2.36. The van der Waals surface area contributed by atoms with Gasteiger partial charge in [0.25, 0.3) is 0 Å². The summed E-state index contributed by atoms with van der Waals surface area (Å²) in [4.78, 5) is 14.2. The average Bonchev–Trinajstić information content (AvgIpc) is 2.67. The molecule has 0 bridgehead atoms. The fourth-order valence-electron chi connectivity index (χ4n) is 3.19. The molecular weight excluding hydrogens is 316 g/mol. The molecule has 0 aromatic heterocycles. The Morgan fingerprint density at radius 2 is 1.92 bits per heavy atom. The molecule has 2 amide bonds. The first kappa shape index (κ1) is 17.5. The third kappa shape index (κ3) is 4.38. The highest BCUT2D eigenvalue weighted by molar-refractivity contribution is 5.75. The molecule has 25 heavy (non-hydrogen) atoms. The van der Waals surface area contributed by atoms with E-state index < -0.39 is 0 Å². The van der Waals surface area contributed by atoms with Gasteiger partial charge in [0.15, 0.2) is 0 Å². The van der Waals surface area contributed by atoms with Crippen LogP contribution in [0.25, 0.3) is 0 Å². The van der Waals surface area contributed by atoms with Crippen LogP contribution in [0.2, 0.25) is 0 Å². The molecule has 1 atom stereocenters. The number of benzene rings is 2. The maximum atomic E-state index is 12.5. The van der Waals surface area contributed by atoms with Crippen molar-refractivity contribution in [1.29, 1.82) is 0 Å². The number of rotatable bonds is 6. The molecule has 1 unspecified atom stereocenters. The van der Waals surface area contributed by atoms with Crippen LogP contribution in [0.3, 0.4) is 0 Å². The molecule has 2 N–H and O–H groups in total. The molecule has 2 aromatic carbocycles. The topological polar surface area (TPSA) is 61.8 Å². The van der Waals surface area contributed by atoms with Crippen LogP contribution >= 0.6 is 0 Å². The van der Waals surface area contributed by atoms with E-state index in [-0.39, 0.29) is 18.7 Å². The zero-order valence-corrected chi connectivity index (χ0v) is 14.2. The van der Waals surface area contributed by atoms with Crippen molar-refractivity contribution in [3.63, 3.8) is 0 Å². The van der Waals surface area contributed by atoms with E-state index in [0.717, 1.165) is 17.5 Å². The number of fused-ring (bicyclic) bond motifs is 1. The Bertz CT molecular complexity index is 690. The Hall–Kier alpha value is -2.37. The molecule has 0 radical (unpaired) electrons. The van der Waals surface area contributed by atoms with Gasteiger partial charge in [0, 0.05) is 13.1 Å². The monoisotopic (exact) mass is 340 g/mol. The van der Waals surface area contributed by atoms with Crippen molar-refractivity contribution in [2.75, 3.05) is 26.3 Å². The van der Waals surface area contributed by atoms with E-state index in [4.69, 9.17) is 4.74 Å². The normalized spacial score (nSPS) is 16.4. The van der Waals surface area contributed by atoms with Gasteiger partial charge < -0.3 is 20.1 Å². The van der Waals surface area contributed by atoms with E-state index in [0.29, 0.717) is 26.3 Å². The highest BCUT2D eigenvalue weighted by Crippen LogP contribution is 2.29. The fraction of sp³-hybridized carbons (Fsp3) is 0.350. The molecule has 132 valence electrons. The molecule has 1 aliphatic heterocycles. The molecule has 0 saturated heterocycles. The zero-order chi connectivity index (χ0) is 17.5. The minimum absolute atomic E-state index is 0.0745. The second kappa shape index (κ2) is 8.65. The lowest BCUT2D eigenvalue weighted by molar-refractivity contribution is 0.110. The second-order valence-corrected chi connectivity index (χ2v) is 6.11. The first-order valence-electron chi connectivity index (χ1n) is 8.64. The second-order valence-electron chi connectivity index (χ2n) is 6.11. The molecule has 0 fully saturated rings. The molecule has 5 nitrogen and oxygen atoms in total.